The average molecular weight is 359 g/mol. The molecule has 2 saturated heterocycles. The fraction of sp³-hybridized carbons (Fsp3) is 0.588. The van der Waals surface area contributed by atoms with Crippen LogP contribution < -0.4 is 4.74 Å². The zero-order valence-corrected chi connectivity index (χ0v) is 13.6. The van der Waals surface area contributed by atoms with E-state index in [0.717, 1.165) is 25.0 Å². The third kappa shape index (κ3) is 4.64. The van der Waals surface area contributed by atoms with Crippen LogP contribution in [0.3, 0.4) is 0 Å². The first-order valence-corrected chi connectivity index (χ1v) is 8.24. The summed E-state index contributed by atoms with van der Waals surface area (Å²) in [6.45, 7) is 2.13. The smallest absolute Gasteiger partial charge is 0.416 e. The number of likely N-dealkylation sites (tertiary alicyclic amines) is 1. The Morgan fingerprint density at radius 1 is 1.20 bits per heavy atom. The van der Waals surface area contributed by atoms with Gasteiger partial charge in [-0.1, -0.05) is 0 Å². The van der Waals surface area contributed by atoms with Gasteiger partial charge in [-0.15, -0.1) is 0 Å². The van der Waals surface area contributed by atoms with E-state index in [1.165, 1.54) is 12.1 Å². The van der Waals surface area contributed by atoms with E-state index >= 15 is 0 Å². The van der Waals surface area contributed by atoms with Gasteiger partial charge in [0.05, 0.1) is 18.8 Å². The Bertz CT molecular complexity index is 585. The summed E-state index contributed by atoms with van der Waals surface area (Å²) in [5.74, 6) is 0.186. The number of hydrogen-bond acceptors (Lipinski definition) is 4. The molecular formula is C17H20F3NO4. The summed E-state index contributed by atoms with van der Waals surface area (Å²) in [6.07, 6.45) is -2.85. The maximum absolute atomic E-state index is 12.5. The van der Waals surface area contributed by atoms with Crippen LogP contribution in [0, 0.1) is 5.92 Å². The van der Waals surface area contributed by atoms with E-state index in [2.05, 4.69) is 0 Å². The van der Waals surface area contributed by atoms with Crippen molar-refractivity contribution in [3.63, 3.8) is 0 Å². The van der Waals surface area contributed by atoms with E-state index in [1.807, 2.05) is 0 Å². The average Bonchev–Trinajstić information content (AvgIpc) is 3.14. The Kier molecular flexibility index (Phi) is 5.48. The number of halogens is 3. The summed E-state index contributed by atoms with van der Waals surface area (Å²) in [7, 11) is 0. The highest BCUT2D eigenvalue weighted by Crippen LogP contribution is 2.30. The highest BCUT2D eigenvalue weighted by Gasteiger charge is 2.33. The SMILES string of the molecule is O=C(COc1ccc(C(F)(F)F)cc1)N1CCCC(C2OCCO2)C1. The van der Waals surface area contributed by atoms with Gasteiger partial charge in [0.15, 0.2) is 12.9 Å². The van der Waals surface area contributed by atoms with Crippen molar-refractivity contribution in [2.45, 2.75) is 25.3 Å². The number of piperidine rings is 1. The summed E-state index contributed by atoms with van der Waals surface area (Å²) >= 11 is 0. The second-order valence-corrected chi connectivity index (χ2v) is 6.16. The number of alkyl halides is 3. The van der Waals surface area contributed by atoms with Crippen LogP contribution in [0.1, 0.15) is 18.4 Å². The quantitative estimate of drug-likeness (QED) is 0.829. The molecule has 5 nitrogen and oxygen atoms in total. The lowest BCUT2D eigenvalue weighted by molar-refractivity contribution is -0.141. The Morgan fingerprint density at radius 3 is 2.52 bits per heavy atom. The fourth-order valence-electron chi connectivity index (χ4n) is 3.08. The molecular weight excluding hydrogens is 339 g/mol. The number of carbonyl (C=O) groups is 1. The predicted octanol–water partition coefficient (Wildman–Crippen LogP) is 2.70. The minimum Gasteiger partial charge on any atom is -0.484 e. The van der Waals surface area contributed by atoms with Crippen molar-refractivity contribution in [1.82, 2.24) is 4.90 Å². The molecule has 0 saturated carbocycles. The Hall–Kier alpha value is -1.80. The third-order valence-corrected chi connectivity index (χ3v) is 4.39. The van der Waals surface area contributed by atoms with E-state index < -0.39 is 11.7 Å². The molecule has 25 heavy (non-hydrogen) atoms. The largest absolute Gasteiger partial charge is 0.484 e. The first kappa shape index (κ1) is 18.0. The number of nitrogens with zero attached hydrogens (tertiary/aromatic N) is 1. The van der Waals surface area contributed by atoms with E-state index in [1.54, 1.807) is 4.90 Å². The van der Waals surface area contributed by atoms with Crippen LogP contribution in [0.2, 0.25) is 0 Å². The van der Waals surface area contributed by atoms with Gasteiger partial charge in [0.1, 0.15) is 5.75 Å². The van der Waals surface area contributed by atoms with Crippen molar-refractivity contribution < 1.29 is 32.2 Å². The van der Waals surface area contributed by atoms with E-state index in [0.29, 0.717) is 26.3 Å². The Labute approximate surface area is 143 Å². The molecule has 1 amide bonds. The first-order valence-electron chi connectivity index (χ1n) is 8.24. The van der Waals surface area contributed by atoms with Crippen LogP contribution in [-0.2, 0) is 20.4 Å². The van der Waals surface area contributed by atoms with Crippen LogP contribution in [0.4, 0.5) is 13.2 Å². The molecule has 138 valence electrons. The molecule has 0 radical (unpaired) electrons. The van der Waals surface area contributed by atoms with Crippen LogP contribution in [-0.4, -0.2) is 50.0 Å². The molecule has 2 aliphatic heterocycles. The lowest BCUT2D eigenvalue weighted by Gasteiger charge is -2.34. The molecule has 1 atom stereocenters. The van der Waals surface area contributed by atoms with Crippen molar-refractivity contribution in [3.05, 3.63) is 29.8 Å². The zero-order valence-electron chi connectivity index (χ0n) is 13.6. The topological polar surface area (TPSA) is 48.0 Å². The molecule has 0 aromatic heterocycles. The number of carbonyl (C=O) groups excluding carboxylic acids is 1. The van der Waals surface area contributed by atoms with E-state index in [4.69, 9.17) is 14.2 Å². The second-order valence-electron chi connectivity index (χ2n) is 6.16. The maximum atomic E-state index is 12.5. The van der Waals surface area contributed by atoms with Gasteiger partial charge in [0.2, 0.25) is 0 Å². The molecule has 0 aliphatic carbocycles. The molecule has 0 bridgehead atoms. The maximum Gasteiger partial charge on any atom is 0.416 e. The Balaban J connectivity index is 1.50. The standard InChI is InChI=1S/C17H20F3NO4/c18-17(19,20)13-3-5-14(6-4-13)25-11-15(22)21-7-1-2-12(10-21)16-23-8-9-24-16/h3-6,12,16H,1-2,7-11H2. The number of benzene rings is 1. The van der Waals surface area contributed by atoms with Crippen LogP contribution in [0.15, 0.2) is 24.3 Å². The van der Waals surface area contributed by atoms with Crippen LogP contribution in [0.5, 0.6) is 5.75 Å². The summed E-state index contributed by atoms with van der Waals surface area (Å²) < 4.78 is 53.9. The molecule has 1 aromatic rings. The van der Waals surface area contributed by atoms with Gasteiger partial charge in [-0.3, -0.25) is 4.79 Å². The first-order chi connectivity index (χ1) is 11.9. The van der Waals surface area contributed by atoms with Crippen LogP contribution >= 0.6 is 0 Å². The van der Waals surface area contributed by atoms with Gasteiger partial charge >= 0.3 is 6.18 Å². The van der Waals surface area contributed by atoms with Gasteiger partial charge in [-0.2, -0.15) is 13.2 Å². The molecule has 0 spiro atoms. The fourth-order valence-corrected chi connectivity index (χ4v) is 3.08. The van der Waals surface area contributed by atoms with Crippen LogP contribution in [0.25, 0.3) is 0 Å². The molecule has 8 heteroatoms. The summed E-state index contributed by atoms with van der Waals surface area (Å²) in [4.78, 5) is 14.0. The zero-order chi connectivity index (χ0) is 17.9. The molecule has 2 heterocycles. The number of ether oxygens (including phenoxy) is 3. The molecule has 2 fully saturated rings. The van der Waals surface area contributed by atoms with Crippen molar-refractivity contribution in [3.8, 4) is 5.75 Å². The third-order valence-electron chi connectivity index (χ3n) is 4.39. The summed E-state index contributed by atoms with van der Waals surface area (Å²) in [6, 6.07) is 4.31. The summed E-state index contributed by atoms with van der Waals surface area (Å²) in [5.41, 5.74) is -0.749. The van der Waals surface area contributed by atoms with Gasteiger partial charge in [0.25, 0.3) is 5.91 Å². The lowest BCUT2D eigenvalue weighted by Crippen LogP contribution is -2.45. The molecule has 1 unspecified atom stereocenters. The number of amides is 1. The van der Waals surface area contributed by atoms with E-state index in [-0.39, 0.29) is 30.5 Å². The molecule has 0 N–H and O–H groups in total. The van der Waals surface area contributed by atoms with Crippen molar-refractivity contribution in [2.75, 3.05) is 32.9 Å². The number of rotatable bonds is 4. The predicted molar refractivity (Wildman–Crippen MR) is 81.9 cm³/mol. The van der Waals surface area contributed by atoms with Gasteiger partial charge in [0, 0.05) is 19.0 Å². The normalized spacial score (nSPS) is 22.2. The van der Waals surface area contributed by atoms with Crippen molar-refractivity contribution in [2.24, 2.45) is 5.92 Å². The summed E-state index contributed by atoms with van der Waals surface area (Å²) in [5, 5.41) is 0. The number of hydrogen-bond donors (Lipinski definition) is 0. The lowest BCUT2D eigenvalue weighted by atomic mass is 9.97. The minimum atomic E-state index is -4.39. The molecule has 3 rings (SSSR count). The van der Waals surface area contributed by atoms with Gasteiger partial charge in [-0.05, 0) is 37.1 Å². The van der Waals surface area contributed by atoms with E-state index in [9.17, 15) is 18.0 Å². The van der Waals surface area contributed by atoms with Gasteiger partial charge in [-0.25, -0.2) is 0 Å². The Morgan fingerprint density at radius 2 is 1.88 bits per heavy atom. The molecule has 1 aromatic carbocycles. The second kappa shape index (κ2) is 7.61. The highest BCUT2D eigenvalue weighted by molar-refractivity contribution is 5.77. The highest BCUT2D eigenvalue weighted by atomic mass is 19.4. The monoisotopic (exact) mass is 359 g/mol. The molecule has 2 aliphatic rings. The van der Waals surface area contributed by atoms with Gasteiger partial charge < -0.3 is 19.1 Å². The minimum absolute atomic E-state index is 0.145. The van der Waals surface area contributed by atoms with Crippen molar-refractivity contribution >= 4 is 5.91 Å². The van der Waals surface area contributed by atoms with Crippen molar-refractivity contribution in [1.29, 1.82) is 0 Å².